The average molecular weight is 437 g/mol. The first kappa shape index (κ1) is 21.6. The number of halogens is 3. The van der Waals surface area contributed by atoms with E-state index in [1.165, 1.54) is 28.9 Å². The van der Waals surface area contributed by atoms with Gasteiger partial charge in [0.1, 0.15) is 6.54 Å². The van der Waals surface area contributed by atoms with Gasteiger partial charge in [0.05, 0.1) is 18.7 Å². The molecule has 0 bridgehead atoms. The minimum Gasteiger partial charge on any atom is -0.337 e. The summed E-state index contributed by atoms with van der Waals surface area (Å²) < 4.78 is 38.6. The van der Waals surface area contributed by atoms with Crippen LogP contribution in [-0.2, 0) is 27.1 Å². The van der Waals surface area contributed by atoms with Crippen LogP contribution in [0.5, 0.6) is 0 Å². The van der Waals surface area contributed by atoms with Crippen LogP contribution in [0.2, 0.25) is 0 Å². The van der Waals surface area contributed by atoms with Crippen molar-refractivity contribution in [2.45, 2.75) is 63.3 Å². The monoisotopic (exact) mass is 437 g/mol. The Labute approximate surface area is 179 Å². The first-order chi connectivity index (χ1) is 14.6. The van der Waals surface area contributed by atoms with Crippen LogP contribution in [0.15, 0.2) is 24.3 Å². The lowest BCUT2D eigenvalue weighted by atomic mass is 9.81. The number of piperazine rings is 1. The number of amides is 3. The summed E-state index contributed by atoms with van der Waals surface area (Å²) >= 11 is 0. The lowest BCUT2D eigenvalue weighted by Crippen LogP contribution is -2.81. The van der Waals surface area contributed by atoms with Crippen LogP contribution >= 0.6 is 0 Å². The van der Waals surface area contributed by atoms with E-state index in [2.05, 4.69) is 0 Å². The number of carbonyl (C=O) groups excluding carboxylic acids is 3. The van der Waals surface area contributed by atoms with E-state index in [-0.39, 0.29) is 49.9 Å². The number of rotatable bonds is 3. The number of hydrogen-bond acceptors (Lipinski definition) is 3. The molecule has 1 aliphatic carbocycles. The van der Waals surface area contributed by atoms with Gasteiger partial charge in [-0.15, -0.1) is 0 Å². The Morgan fingerprint density at radius 1 is 1.06 bits per heavy atom. The standard InChI is InChI=1S/C22H26F3N3O3/c1-15(29)26-13-21(14-26)20(31)27(18-5-3-2-4-6-18)12-19(30)28(21)11-16-7-9-17(10-8-16)22(23,24)25/h7-10,18H,2-6,11-14H2,1H3. The van der Waals surface area contributed by atoms with Gasteiger partial charge in [-0.05, 0) is 30.5 Å². The topological polar surface area (TPSA) is 60.9 Å². The van der Waals surface area contributed by atoms with Crippen molar-refractivity contribution in [3.8, 4) is 0 Å². The Balaban J connectivity index is 1.59. The van der Waals surface area contributed by atoms with Crippen molar-refractivity contribution in [2.75, 3.05) is 19.6 Å². The molecule has 0 aromatic heterocycles. The minimum atomic E-state index is -4.44. The van der Waals surface area contributed by atoms with E-state index in [0.717, 1.165) is 44.2 Å². The second kappa shape index (κ2) is 7.84. The molecule has 3 aliphatic rings. The fraction of sp³-hybridized carbons (Fsp3) is 0.591. The highest BCUT2D eigenvalue weighted by atomic mass is 19.4. The molecule has 2 heterocycles. The molecule has 0 unspecified atom stereocenters. The van der Waals surface area contributed by atoms with Gasteiger partial charge in [0.25, 0.3) is 5.91 Å². The van der Waals surface area contributed by atoms with Crippen molar-refractivity contribution in [1.82, 2.24) is 14.7 Å². The maximum Gasteiger partial charge on any atom is 0.416 e. The van der Waals surface area contributed by atoms with Crippen LogP contribution in [0, 0.1) is 0 Å². The smallest absolute Gasteiger partial charge is 0.337 e. The summed E-state index contributed by atoms with van der Waals surface area (Å²) in [6.45, 7) is 1.67. The van der Waals surface area contributed by atoms with Crippen molar-refractivity contribution < 1.29 is 27.6 Å². The number of carbonyl (C=O) groups is 3. The summed E-state index contributed by atoms with van der Waals surface area (Å²) in [7, 11) is 0. The number of alkyl halides is 3. The van der Waals surface area contributed by atoms with Gasteiger partial charge in [0.15, 0.2) is 5.54 Å². The summed E-state index contributed by atoms with van der Waals surface area (Å²) in [5.74, 6) is -0.549. The normalized spacial score (nSPS) is 22.1. The average Bonchev–Trinajstić information content (AvgIpc) is 2.69. The van der Waals surface area contributed by atoms with Crippen LogP contribution in [0.1, 0.15) is 50.2 Å². The summed E-state index contributed by atoms with van der Waals surface area (Å²) in [4.78, 5) is 43.2. The molecule has 3 amide bonds. The summed E-state index contributed by atoms with van der Waals surface area (Å²) in [5, 5.41) is 0. The van der Waals surface area contributed by atoms with E-state index < -0.39 is 17.3 Å². The van der Waals surface area contributed by atoms with Crippen LogP contribution in [-0.4, -0.2) is 63.6 Å². The molecule has 1 aromatic carbocycles. The molecule has 31 heavy (non-hydrogen) atoms. The number of nitrogens with zero attached hydrogens (tertiary/aromatic N) is 3. The first-order valence-corrected chi connectivity index (χ1v) is 10.6. The molecule has 2 saturated heterocycles. The third-order valence-electron chi connectivity index (χ3n) is 6.77. The molecule has 1 saturated carbocycles. The van der Waals surface area contributed by atoms with Gasteiger partial charge in [-0.25, -0.2) is 0 Å². The van der Waals surface area contributed by atoms with Crippen LogP contribution in [0.3, 0.4) is 0 Å². The molecule has 0 atom stereocenters. The molecule has 0 N–H and O–H groups in total. The van der Waals surface area contributed by atoms with Crippen molar-refractivity contribution in [3.63, 3.8) is 0 Å². The van der Waals surface area contributed by atoms with Crippen molar-refractivity contribution in [1.29, 1.82) is 0 Å². The van der Waals surface area contributed by atoms with Crippen LogP contribution < -0.4 is 0 Å². The Kier molecular flexibility index (Phi) is 5.47. The van der Waals surface area contributed by atoms with Gasteiger partial charge >= 0.3 is 6.18 Å². The summed E-state index contributed by atoms with van der Waals surface area (Å²) in [5.41, 5.74) is -1.39. The molecule has 3 fully saturated rings. The Morgan fingerprint density at radius 2 is 1.68 bits per heavy atom. The van der Waals surface area contributed by atoms with E-state index in [1.54, 1.807) is 4.90 Å². The fourth-order valence-electron chi connectivity index (χ4n) is 4.95. The van der Waals surface area contributed by atoms with Gasteiger partial charge in [0.2, 0.25) is 11.8 Å². The molecule has 0 radical (unpaired) electrons. The first-order valence-electron chi connectivity index (χ1n) is 10.6. The van der Waals surface area contributed by atoms with Crippen molar-refractivity contribution >= 4 is 17.7 Å². The highest BCUT2D eigenvalue weighted by molar-refractivity contribution is 6.00. The van der Waals surface area contributed by atoms with E-state index in [1.807, 2.05) is 0 Å². The van der Waals surface area contributed by atoms with Crippen LogP contribution in [0.25, 0.3) is 0 Å². The molecule has 2 aliphatic heterocycles. The van der Waals surface area contributed by atoms with E-state index >= 15 is 0 Å². The maximum atomic E-state index is 13.6. The minimum absolute atomic E-state index is 0.0219. The molecule has 168 valence electrons. The van der Waals surface area contributed by atoms with E-state index in [0.29, 0.717) is 5.56 Å². The molecule has 1 aromatic rings. The third-order valence-corrected chi connectivity index (χ3v) is 6.77. The predicted octanol–water partition coefficient (Wildman–Crippen LogP) is 2.81. The quantitative estimate of drug-likeness (QED) is 0.731. The lowest BCUT2D eigenvalue weighted by Gasteiger charge is -2.59. The van der Waals surface area contributed by atoms with Crippen molar-refractivity contribution in [2.24, 2.45) is 0 Å². The lowest BCUT2D eigenvalue weighted by molar-refractivity contribution is -0.184. The molecule has 6 nitrogen and oxygen atoms in total. The van der Waals surface area contributed by atoms with Gasteiger partial charge in [-0.3, -0.25) is 14.4 Å². The number of benzene rings is 1. The Morgan fingerprint density at radius 3 is 2.23 bits per heavy atom. The fourth-order valence-corrected chi connectivity index (χ4v) is 4.95. The van der Waals surface area contributed by atoms with Crippen LogP contribution in [0.4, 0.5) is 13.2 Å². The van der Waals surface area contributed by atoms with Gasteiger partial charge in [0, 0.05) is 19.5 Å². The highest BCUT2D eigenvalue weighted by Gasteiger charge is 2.60. The largest absolute Gasteiger partial charge is 0.416 e. The SMILES string of the molecule is CC(=O)N1CC2(C1)C(=O)N(C1CCCCC1)CC(=O)N2Cc1ccc(C(F)(F)F)cc1. The maximum absolute atomic E-state index is 13.6. The van der Waals surface area contributed by atoms with Crippen molar-refractivity contribution in [3.05, 3.63) is 35.4 Å². The zero-order valence-electron chi connectivity index (χ0n) is 17.5. The number of likely N-dealkylation sites (tertiary alicyclic amines) is 1. The second-order valence-corrected chi connectivity index (χ2v) is 8.81. The van der Waals surface area contributed by atoms with Gasteiger partial charge in [-0.1, -0.05) is 31.4 Å². The molecule has 9 heteroatoms. The second-order valence-electron chi connectivity index (χ2n) is 8.81. The number of hydrogen-bond donors (Lipinski definition) is 0. The molecule has 1 spiro atoms. The Hall–Kier alpha value is -2.58. The third kappa shape index (κ3) is 3.90. The predicted molar refractivity (Wildman–Crippen MR) is 106 cm³/mol. The van der Waals surface area contributed by atoms with E-state index in [9.17, 15) is 27.6 Å². The molecular weight excluding hydrogens is 411 g/mol. The summed E-state index contributed by atoms with van der Waals surface area (Å²) in [6.07, 6.45) is 0.451. The zero-order valence-corrected chi connectivity index (χ0v) is 17.5. The molecular formula is C22H26F3N3O3. The highest BCUT2D eigenvalue weighted by Crippen LogP contribution is 2.38. The molecule has 4 rings (SSSR count). The Bertz CT molecular complexity index is 872. The van der Waals surface area contributed by atoms with E-state index in [4.69, 9.17) is 0 Å². The van der Waals surface area contributed by atoms with Gasteiger partial charge < -0.3 is 14.7 Å². The van der Waals surface area contributed by atoms with Gasteiger partial charge in [-0.2, -0.15) is 13.2 Å². The summed E-state index contributed by atoms with van der Waals surface area (Å²) in [6, 6.07) is 4.67. The zero-order chi connectivity index (χ0) is 22.4.